The van der Waals surface area contributed by atoms with Crippen LogP contribution in [0.3, 0.4) is 0 Å². The molecular formula is C8H11F6N3O2. The first-order valence-electron chi connectivity index (χ1n) is 4.67. The zero-order valence-electron chi connectivity index (χ0n) is 9.73. The van der Waals surface area contributed by atoms with Gasteiger partial charge < -0.3 is 16.3 Å². The average Bonchev–Trinajstić information content (AvgIpc) is 2.09. The summed E-state index contributed by atoms with van der Waals surface area (Å²) in [5.41, 5.74) is 3.17. The molecule has 0 aliphatic carbocycles. The van der Waals surface area contributed by atoms with Crippen molar-refractivity contribution in [1.29, 1.82) is 0 Å². The van der Waals surface area contributed by atoms with Crippen molar-refractivity contribution in [2.75, 3.05) is 0 Å². The van der Waals surface area contributed by atoms with Crippen LogP contribution in [0.5, 0.6) is 0 Å². The lowest BCUT2D eigenvalue weighted by atomic mass is 10.0. The molecule has 0 unspecified atom stereocenters. The SMILES string of the molecule is CC(C)(NC(=O)C(C(F)(F)F)C(F)(F)F)C(N)=NO. The second-order valence-corrected chi connectivity index (χ2v) is 4.12. The van der Waals surface area contributed by atoms with Crippen LogP contribution in [0.15, 0.2) is 5.16 Å². The fourth-order valence-electron chi connectivity index (χ4n) is 1.05. The summed E-state index contributed by atoms with van der Waals surface area (Å²) in [5.74, 6) is -7.27. The zero-order valence-corrected chi connectivity index (χ0v) is 9.73. The van der Waals surface area contributed by atoms with E-state index in [4.69, 9.17) is 10.9 Å². The Balaban J connectivity index is 5.28. The lowest BCUT2D eigenvalue weighted by Crippen LogP contribution is -2.58. The highest BCUT2D eigenvalue weighted by Crippen LogP contribution is 2.39. The lowest BCUT2D eigenvalue weighted by molar-refractivity contribution is -0.274. The molecule has 0 radical (unpaired) electrons. The zero-order chi connectivity index (χ0) is 15.6. The Hall–Kier alpha value is -1.68. The number of halogens is 6. The van der Waals surface area contributed by atoms with Crippen LogP contribution in [0.1, 0.15) is 13.8 Å². The molecule has 19 heavy (non-hydrogen) atoms. The van der Waals surface area contributed by atoms with Crippen LogP contribution in [0, 0.1) is 5.92 Å². The van der Waals surface area contributed by atoms with E-state index in [9.17, 15) is 31.1 Å². The number of nitrogens with one attached hydrogen (secondary N) is 1. The van der Waals surface area contributed by atoms with E-state index < -0.39 is 35.6 Å². The number of rotatable bonds is 3. The van der Waals surface area contributed by atoms with Gasteiger partial charge in [-0.25, -0.2) is 0 Å². The van der Waals surface area contributed by atoms with Gasteiger partial charge in [-0.05, 0) is 13.8 Å². The fraction of sp³-hybridized carbons (Fsp3) is 0.750. The molecule has 0 fully saturated rings. The number of alkyl halides is 6. The molecule has 1 amide bonds. The Labute approximate surface area is 103 Å². The van der Waals surface area contributed by atoms with Gasteiger partial charge in [0.15, 0.2) is 5.84 Å². The molecule has 112 valence electrons. The maximum Gasteiger partial charge on any atom is 0.409 e. The first kappa shape index (κ1) is 17.3. The molecule has 0 rings (SSSR count). The minimum atomic E-state index is -5.80. The first-order valence-corrected chi connectivity index (χ1v) is 4.67. The number of amidine groups is 1. The Bertz CT molecular complexity index is 360. The van der Waals surface area contributed by atoms with Crippen LogP contribution in [-0.2, 0) is 4.79 Å². The minimum absolute atomic E-state index is 0.746. The molecule has 5 nitrogen and oxygen atoms in total. The summed E-state index contributed by atoms with van der Waals surface area (Å²) in [6.45, 7) is 1.95. The molecule has 0 aliphatic heterocycles. The lowest BCUT2D eigenvalue weighted by Gasteiger charge is -2.29. The molecule has 0 aliphatic rings. The number of carbonyl (C=O) groups is 1. The Morgan fingerprint density at radius 2 is 1.53 bits per heavy atom. The molecule has 0 heterocycles. The van der Waals surface area contributed by atoms with Crippen molar-refractivity contribution in [2.45, 2.75) is 31.7 Å². The van der Waals surface area contributed by atoms with Crippen molar-refractivity contribution < 1.29 is 36.3 Å². The molecule has 11 heteroatoms. The second kappa shape index (κ2) is 5.13. The molecule has 0 spiro atoms. The van der Waals surface area contributed by atoms with Crippen molar-refractivity contribution in [3.63, 3.8) is 0 Å². The van der Waals surface area contributed by atoms with Crippen molar-refractivity contribution in [1.82, 2.24) is 5.32 Å². The van der Waals surface area contributed by atoms with E-state index in [1.54, 1.807) is 0 Å². The van der Waals surface area contributed by atoms with Gasteiger partial charge in [-0.2, -0.15) is 26.3 Å². The molecule has 0 aromatic carbocycles. The number of hydrogen-bond acceptors (Lipinski definition) is 3. The highest BCUT2D eigenvalue weighted by molar-refractivity contribution is 5.93. The number of nitrogens with zero attached hydrogens (tertiary/aromatic N) is 1. The van der Waals surface area contributed by atoms with Crippen LogP contribution < -0.4 is 11.1 Å². The predicted octanol–water partition coefficient (Wildman–Crippen LogP) is 1.37. The van der Waals surface area contributed by atoms with E-state index in [1.807, 2.05) is 0 Å². The van der Waals surface area contributed by atoms with Gasteiger partial charge in [-0.15, -0.1) is 0 Å². The van der Waals surface area contributed by atoms with Crippen molar-refractivity contribution in [2.24, 2.45) is 16.8 Å². The minimum Gasteiger partial charge on any atom is -0.409 e. The summed E-state index contributed by atoms with van der Waals surface area (Å²) >= 11 is 0. The highest BCUT2D eigenvalue weighted by Gasteiger charge is 2.61. The molecule has 4 N–H and O–H groups in total. The summed E-state index contributed by atoms with van der Waals surface area (Å²) in [7, 11) is 0. The van der Waals surface area contributed by atoms with Crippen molar-refractivity contribution >= 4 is 11.7 Å². The van der Waals surface area contributed by atoms with Gasteiger partial charge in [0.25, 0.3) is 0 Å². The quantitative estimate of drug-likeness (QED) is 0.241. The van der Waals surface area contributed by atoms with Crippen LogP contribution in [0.4, 0.5) is 26.3 Å². The topological polar surface area (TPSA) is 87.7 Å². The van der Waals surface area contributed by atoms with E-state index in [-0.39, 0.29) is 0 Å². The average molecular weight is 295 g/mol. The number of amides is 1. The second-order valence-electron chi connectivity index (χ2n) is 4.12. The molecular weight excluding hydrogens is 284 g/mol. The number of hydrogen-bond donors (Lipinski definition) is 3. The standard InChI is InChI=1S/C8H11F6N3O2/c1-6(2,5(15)17-19)16-4(18)3(7(9,10)11)8(12,13)14/h3,19H,1-2H3,(H2,15,17)(H,16,18). The van der Waals surface area contributed by atoms with Gasteiger partial charge in [-0.1, -0.05) is 5.16 Å². The summed E-state index contributed by atoms with van der Waals surface area (Å²) < 4.78 is 73.4. The molecule has 0 saturated carbocycles. The van der Waals surface area contributed by atoms with E-state index in [2.05, 4.69) is 5.16 Å². The largest absolute Gasteiger partial charge is 0.409 e. The summed E-state index contributed by atoms with van der Waals surface area (Å²) in [6.07, 6.45) is -11.6. The number of carbonyl (C=O) groups excluding carboxylic acids is 1. The van der Waals surface area contributed by atoms with Gasteiger partial charge in [0.1, 0.15) is 0 Å². The van der Waals surface area contributed by atoms with Gasteiger partial charge in [0.05, 0.1) is 5.54 Å². The van der Waals surface area contributed by atoms with Crippen molar-refractivity contribution in [3.8, 4) is 0 Å². The smallest absolute Gasteiger partial charge is 0.409 e. The summed E-state index contributed by atoms with van der Waals surface area (Å²) in [4.78, 5) is 11.1. The van der Waals surface area contributed by atoms with Crippen molar-refractivity contribution in [3.05, 3.63) is 0 Å². The highest BCUT2D eigenvalue weighted by atomic mass is 19.4. The van der Waals surface area contributed by atoms with E-state index in [0.717, 1.165) is 13.8 Å². The normalized spacial score (nSPS) is 14.7. The Kier molecular flexibility index (Phi) is 4.68. The van der Waals surface area contributed by atoms with Crippen LogP contribution >= 0.6 is 0 Å². The predicted molar refractivity (Wildman–Crippen MR) is 51.2 cm³/mol. The maximum atomic E-state index is 12.2. The Morgan fingerprint density at radius 1 is 1.16 bits per heavy atom. The van der Waals surface area contributed by atoms with Gasteiger partial charge in [0.2, 0.25) is 11.8 Å². The molecule has 0 aromatic rings. The Morgan fingerprint density at radius 3 is 1.79 bits per heavy atom. The number of nitrogens with two attached hydrogens (primary N) is 1. The third-order valence-electron chi connectivity index (χ3n) is 2.10. The molecule has 0 saturated heterocycles. The third kappa shape index (κ3) is 4.48. The third-order valence-corrected chi connectivity index (χ3v) is 2.10. The number of oxime groups is 1. The van der Waals surface area contributed by atoms with Crippen LogP contribution in [-0.4, -0.2) is 34.8 Å². The van der Waals surface area contributed by atoms with E-state index in [0.29, 0.717) is 0 Å². The van der Waals surface area contributed by atoms with E-state index in [1.165, 1.54) is 5.32 Å². The maximum absolute atomic E-state index is 12.2. The van der Waals surface area contributed by atoms with Gasteiger partial charge >= 0.3 is 12.4 Å². The molecule has 0 atom stereocenters. The molecule has 0 aromatic heterocycles. The van der Waals surface area contributed by atoms with Crippen LogP contribution in [0.2, 0.25) is 0 Å². The van der Waals surface area contributed by atoms with E-state index >= 15 is 0 Å². The van der Waals surface area contributed by atoms with Gasteiger partial charge in [-0.3, -0.25) is 4.79 Å². The first-order chi connectivity index (χ1) is 8.23. The summed E-state index contributed by atoms with van der Waals surface area (Å²) in [6, 6.07) is 0. The monoisotopic (exact) mass is 295 g/mol. The molecule has 0 bridgehead atoms. The van der Waals surface area contributed by atoms with Crippen LogP contribution in [0.25, 0.3) is 0 Å². The summed E-state index contributed by atoms with van der Waals surface area (Å²) in [5, 5.41) is 12.1. The van der Waals surface area contributed by atoms with Gasteiger partial charge in [0, 0.05) is 0 Å². The fourth-order valence-corrected chi connectivity index (χ4v) is 1.05.